The second-order valence-corrected chi connectivity index (χ2v) is 4.44. The molecule has 0 aliphatic rings. The van der Waals surface area contributed by atoms with Crippen LogP contribution in [0.15, 0.2) is 18.2 Å². The van der Waals surface area contributed by atoms with Gasteiger partial charge in [0.1, 0.15) is 0 Å². The minimum absolute atomic E-state index is 0.127. The third-order valence-corrected chi connectivity index (χ3v) is 2.61. The average molecular weight is 291 g/mol. The molecule has 1 amide bonds. The van der Waals surface area contributed by atoms with E-state index in [4.69, 9.17) is 10.8 Å². The first-order valence-corrected chi connectivity index (χ1v) is 5.72. The van der Waals surface area contributed by atoms with E-state index in [0.29, 0.717) is 11.4 Å². The number of benzene rings is 1. The second kappa shape index (κ2) is 6.00. The molecule has 8 heteroatoms. The lowest BCUT2D eigenvalue weighted by Crippen LogP contribution is -2.40. The van der Waals surface area contributed by atoms with Crippen LogP contribution in [-0.2, 0) is 0 Å². The number of aliphatic hydroxyl groups is 1. The lowest BCUT2D eigenvalue weighted by molar-refractivity contribution is -0.201. The molecule has 0 spiro atoms. The molecule has 1 rings (SSSR count). The molecule has 20 heavy (non-hydrogen) atoms. The Hall–Kier alpha value is -1.96. The molecular weight excluding hydrogens is 275 g/mol. The maximum atomic E-state index is 12.1. The van der Waals surface area contributed by atoms with E-state index in [1.54, 1.807) is 25.1 Å². The summed E-state index contributed by atoms with van der Waals surface area (Å²) >= 11 is 0. The first-order valence-electron chi connectivity index (χ1n) is 5.72. The average Bonchev–Trinajstić information content (AvgIpc) is 2.33. The van der Waals surface area contributed by atoms with Crippen LogP contribution in [0.3, 0.4) is 0 Å². The van der Waals surface area contributed by atoms with Gasteiger partial charge in [-0.2, -0.15) is 13.2 Å². The first kappa shape index (κ1) is 16.1. The number of carbonyl (C=O) groups excluding carboxylic acids is 1. The highest BCUT2D eigenvalue weighted by Gasteiger charge is 2.38. The standard InChI is InChI=1S/C12H16F3N3O2/c1-18(2)9-4-3-7(5-8(9)16)11(20)17-6-10(19)12(13,14)15/h3-5,10,19H,6,16H2,1-2H3,(H,17,20). The van der Waals surface area contributed by atoms with E-state index in [9.17, 15) is 18.0 Å². The molecule has 0 aromatic heterocycles. The largest absolute Gasteiger partial charge is 0.416 e. The molecule has 112 valence electrons. The molecule has 5 nitrogen and oxygen atoms in total. The van der Waals surface area contributed by atoms with Gasteiger partial charge in [-0.3, -0.25) is 4.79 Å². The number of hydrogen-bond donors (Lipinski definition) is 3. The van der Waals surface area contributed by atoms with Crippen molar-refractivity contribution in [1.29, 1.82) is 0 Å². The molecule has 0 fully saturated rings. The van der Waals surface area contributed by atoms with Gasteiger partial charge >= 0.3 is 6.18 Å². The number of anilines is 2. The topological polar surface area (TPSA) is 78.6 Å². The predicted molar refractivity (Wildman–Crippen MR) is 69.6 cm³/mol. The molecule has 0 bridgehead atoms. The van der Waals surface area contributed by atoms with Crippen LogP contribution in [0.25, 0.3) is 0 Å². The van der Waals surface area contributed by atoms with Crippen LogP contribution in [0, 0.1) is 0 Å². The van der Waals surface area contributed by atoms with Crippen molar-refractivity contribution < 1.29 is 23.1 Å². The summed E-state index contributed by atoms with van der Waals surface area (Å²) in [4.78, 5) is 13.4. The van der Waals surface area contributed by atoms with E-state index >= 15 is 0 Å². The van der Waals surface area contributed by atoms with Crippen LogP contribution in [-0.4, -0.2) is 43.9 Å². The molecule has 4 N–H and O–H groups in total. The molecule has 0 saturated heterocycles. The fourth-order valence-electron chi connectivity index (χ4n) is 1.51. The van der Waals surface area contributed by atoms with Crippen molar-refractivity contribution in [3.8, 4) is 0 Å². The van der Waals surface area contributed by atoms with Gasteiger partial charge in [0, 0.05) is 19.7 Å². The number of hydrogen-bond acceptors (Lipinski definition) is 4. The summed E-state index contributed by atoms with van der Waals surface area (Å²) in [6, 6.07) is 4.40. The zero-order chi connectivity index (χ0) is 15.5. The zero-order valence-electron chi connectivity index (χ0n) is 11.0. The first-order chi connectivity index (χ1) is 9.12. The summed E-state index contributed by atoms with van der Waals surface area (Å²) in [6.07, 6.45) is -7.36. The third kappa shape index (κ3) is 4.02. The number of alkyl halides is 3. The Balaban J connectivity index is 2.72. The van der Waals surface area contributed by atoms with Gasteiger partial charge in [0.05, 0.1) is 17.9 Å². The fraction of sp³-hybridized carbons (Fsp3) is 0.417. The summed E-state index contributed by atoms with van der Waals surface area (Å²) in [6.45, 7) is -0.905. The molecule has 1 aromatic carbocycles. The summed E-state index contributed by atoms with van der Waals surface area (Å²) in [5, 5.41) is 10.8. The summed E-state index contributed by atoms with van der Waals surface area (Å²) in [5.41, 5.74) is 6.89. The Labute approximate surface area is 114 Å². The van der Waals surface area contributed by atoms with Crippen LogP contribution in [0.1, 0.15) is 10.4 Å². The van der Waals surface area contributed by atoms with Crippen molar-refractivity contribution in [3.05, 3.63) is 23.8 Å². The van der Waals surface area contributed by atoms with Gasteiger partial charge < -0.3 is 21.1 Å². The minimum atomic E-state index is -4.76. The fourth-order valence-corrected chi connectivity index (χ4v) is 1.51. The van der Waals surface area contributed by atoms with E-state index < -0.39 is 24.7 Å². The molecular formula is C12H16F3N3O2. The van der Waals surface area contributed by atoms with E-state index in [1.165, 1.54) is 12.1 Å². The van der Waals surface area contributed by atoms with Crippen molar-refractivity contribution in [1.82, 2.24) is 5.32 Å². The van der Waals surface area contributed by atoms with Crippen molar-refractivity contribution in [3.63, 3.8) is 0 Å². The lowest BCUT2D eigenvalue weighted by atomic mass is 10.1. The van der Waals surface area contributed by atoms with Gasteiger partial charge in [0.15, 0.2) is 6.10 Å². The molecule has 0 aliphatic carbocycles. The molecule has 1 unspecified atom stereocenters. The second-order valence-electron chi connectivity index (χ2n) is 4.44. The number of nitrogens with zero attached hydrogens (tertiary/aromatic N) is 1. The number of rotatable bonds is 4. The SMILES string of the molecule is CN(C)c1ccc(C(=O)NCC(O)C(F)(F)F)cc1N. The number of aliphatic hydroxyl groups excluding tert-OH is 1. The number of amides is 1. The lowest BCUT2D eigenvalue weighted by Gasteiger charge is -2.17. The van der Waals surface area contributed by atoms with E-state index in [2.05, 4.69) is 0 Å². The Morgan fingerprint density at radius 3 is 2.50 bits per heavy atom. The normalized spacial score (nSPS) is 12.9. The molecule has 0 saturated carbocycles. The van der Waals surface area contributed by atoms with Crippen molar-refractivity contribution in [2.75, 3.05) is 31.3 Å². The van der Waals surface area contributed by atoms with Crippen LogP contribution in [0.4, 0.5) is 24.5 Å². The van der Waals surface area contributed by atoms with Crippen LogP contribution in [0.2, 0.25) is 0 Å². The van der Waals surface area contributed by atoms with Crippen LogP contribution in [0.5, 0.6) is 0 Å². The maximum absolute atomic E-state index is 12.1. The Morgan fingerprint density at radius 2 is 2.05 bits per heavy atom. The summed E-state index contributed by atoms with van der Waals surface area (Å²) in [5.74, 6) is -0.731. The van der Waals surface area contributed by atoms with Gasteiger partial charge in [-0.1, -0.05) is 0 Å². The summed E-state index contributed by atoms with van der Waals surface area (Å²) in [7, 11) is 3.54. The van der Waals surface area contributed by atoms with E-state index in [-0.39, 0.29) is 5.56 Å². The van der Waals surface area contributed by atoms with Crippen molar-refractivity contribution >= 4 is 17.3 Å². The molecule has 0 radical (unpaired) electrons. The Morgan fingerprint density at radius 1 is 1.45 bits per heavy atom. The highest BCUT2D eigenvalue weighted by Crippen LogP contribution is 2.22. The summed E-state index contributed by atoms with van der Waals surface area (Å²) < 4.78 is 36.2. The maximum Gasteiger partial charge on any atom is 0.416 e. The van der Waals surface area contributed by atoms with Gasteiger partial charge in [-0.25, -0.2) is 0 Å². The van der Waals surface area contributed by atoms with E-state index in [1.807, 2.05) is 5.32 Å². The predicted octanol–water partition coefficient (Wildman–Crippen LogP) is 0.988. The number of carbonyl (C=O) groups is 1. The zero-order valence-corrected chi connectivity index (χ0v) is 11.0. The van der Waals surface area contributed by atoms with E-state index in [0.717, 1.165) is 0 Å². The quantitative estimate of drug-likeness (QED) is 0.723. The number of nitrogens with one attached hydrogen (secondary N) is 1. The monoisotopic (exact) mass is 291 g/mol. The number of nitrogens with two attached hydrogens (primary N) is 1. The minimum Gasteiger partial charge on any atom is -0.397 e. The number of nitrogen functional groups attached to an aromatic ring is 1. The van der Waals surface area contributed by atoms with Gasteiger partial charge in [-0.05, 0) is 18.2 Å². The Bertz CT molecular complexity index is 489. The van der Waals surface area contributed by atoms with Gasteiger partial charge in [-0.15, -0.1) is 0 Å². The number of halogens is 3. The molecule has 1 atom stereocenters. The van der Waals surface area contributed by atoms with Crippen LogP contribution >= 0.6 is 0 Å². The highest BCUT2D eigenvalue weighted by atomic mass is 19.4. The molecule has 1 aromatic rings. The highest BCUT2D eigenvalue weighted by molar-refractivity contribution is 5.96. The van der Waals surface area contributed by atoms with Gasteiger partial charge in [0.2, 0.25) is 0 Å². The smallest absolute Gasteiger partial charge is 0.397 e. The van der Waals surface area contributed by atoms with Crippen LogP contribution < -0.4 is 16.0 Å². The molecule has 0 heterocycles. The van der Waals surface area contributed by atoms with Crippen molar-refractivity contribution in [2.24, 2.45) is 0 Å². The molecule has 0 aliphatic heterocycles. The van der Waals surface area contributed by atoms with Crippen molar-refractivity contribution in [2.45, 2.75) is 12.3 Å². The van der Waals surface area contributed by atoms with Gasteiger partial charge in [0.25, 0.3) is 5.91 Å². The Kier molecular flexibility index (Phi) is 4.83. The third-order valence-electron chi connectivity index (χ3n) is 2.61.